The van der Waals surface area contributed by atoms with Crippen molar-refractivity contribution in [3.05, 3.63) is 0 Å². The predicted molar refractivity (Wildman–Crippen MR) is 57.6 cm³/mol. The van der Waals surface area contributed by atoms with E-state index in [1.165, 1.54) is 25.7 Å². The zero-order chi connectivity index (χ0) is 9.97. The first-order valence-corrected chi connectivity index (χ1v) is 6.03. The van der Waals surface area contributed by atoms with Crippen LogP contribution in [0.15, 0.2) is 0 Å². The fourth-order valence-corrected chi connectivity index (χ4v) is 4.98. The van der Waals surface area contributed by atoms with Crippen molar-refractivity contribution in [2.75, 3.05) is 13.1 Å². The average Bonchev–Trinajstić information content (AvgIpc) is 2.11. The van der Waals surface area contributed by atoms with E-state index in [0.29, 0.717) is 10.8 Å². The summed E-state index contributed by atoms with van der Waals surface area (Å²) in [4.78, 5) is 0. The van der Waals surface area contributed by atoms with E-state index >= 15 is 0 Å². The van der Waals surface area contributed by atoms with Crippen LogP contribution in [0.5, 0.6) is 0 Å². The Morgan fingerprint density at radius 1 is 1.14 bits per heavy atom. The van der Waals surface area contributed by atoms with Crippen molar-refractivity contribution >= 4 is 0 Å². The van der Waals surface area contributed by atoms with Gasteiger partial charge in [0.15, 0.2) is 0 Å². The molecule has 3 saturated carbocycles. The molecule has 0 saturated heterocycles. The van der Waals surface area contributed by atoms with Crippen molar-refractivity contribution in [2.24, 2.45) is 40.1 Å². The van der Waals surface area contributed by atoms with E-state index in [0.717, 1.165) is 30.8 Å². The topological polar surface area (TPSA) is 52.0 Å². The summed E-state index contributed by atoms with van der Waals surface area (Å²) in [7, 11) is 0. The van der Waals surface area contributed by atoms with Gasteiger partial charge in [0, 0.05) is 0 Å². The normalized spacial score (nSPS) is 59.8. The first kappa shape index (κ1) is 9.17. The minimum Gasteiger partial charge on any atom is -0.330 e. The summed E-state index contributed by atoms with van der Waals surface area (Å²) < 4.78 is 0. The van der Waals surface area contributed by atoms with Gasteiger partial charge in [-0.25, -0.2) is 0 Å². The van der Waals surface area contributed by atoms with Crippen LogP contribution in [-0.4, -0.2) is 13.1 Å². The zero-order valence-electron chi connectivity index (χ0n) is 9.13. The molecule has 2 heteroatoms. The molecule has 3 rings (SSSR count). The van der Waals surface area contributed by atoms with Gasteiger partial charge in [0.1, 0.15) is 0 Å². The third-order valence-corrected chi connectivity index (χ3v) is 5.43. The van der Waals surface area contributed by atoms with Crippen molar-refractivity contribution in [3.8, 4) is 0 Å². The van der Waals surface area contributed by atoms with Gasteiger partial charge < -0.3 is 11.5 Å². The lowest BCUT2D eigenvalue weighted by Gasteiger charge is -2.72. The maximum Gasteiger partial charge on any atom is -0.00174 e. The third-order valence-electron chi connectivity index (χ3n) is 5.43. The van der Waals surface area contributed by atoms with Crippen LogP contribution in [0.4, 0.5) is 0 Å². The third kappa shape index (κ3) is 0.892. The van der Waals surface area contributed by atoms with Crippen molar-refractivity contribution in [1.82, 2.24) is 0 Å². The number of hydrogen-bond acceptors (Lipinski definition) is 2. The Balaban J connectivity index is 1.86. The Kier molecular flexibility index (Phi) is 1.66. The van der Waals surface area contributed by atoms with Crippen molar-refractivity contribution in [2.45, 2.75) is 32.6 Å². The number of hydrogen-bond donors (Lipinski definition) is 2. The molecule has 4 N–H and O–H groups in total. The van der Waals surface area contributed by atoms with Gasteiger partial charge in [-0.05, 0) is 67.4 Å². The molecule has 0 radical (unpaired) electrons. The average molecular weight is 194 g/mol. The molecule has 5 atom stereocenters. The zero-order valence-corrected chi connectivity index (χ0v) is 9.13. The molecule has 3 fully saturated rings. The molecular weight excluding hydrogens is 172 g/mol. The van der Waals surface area contributed by atoms with Gasteiger partial charge in [0.25, 0.3) is 0 Å². The second kappa shape index (κ2) is 2.53. The van der Waals surface area contributed by atoms with E-state index in [9.17, 15) is 0 Å². The quantitative estimate of drug-likeness (QED) is 0.697. The smallest absolute Gasteiger partial charge is 0.00174 e. The molecule has 0 spiro atoms. The molecule has 5 unspecified atom stereocenters. The minimum absolute atomic E-state index is 0.395. The van der Waals surface area contributed by atoms with Crippen LogP contribution >= 0.6 is 0 Å². The number of nitrogens with two attached hydrogens (primary N) is 2. The maximum atomic E-state index is 6.00. The molecule has 80 valence electrons. The van der Waals surface area contributed by atoms with Gasteiger partial charge in [0.2, 0.25) is 0 Å². The lowest BCUT2D eigenvalue weighted by Crippen LogP contribution is -2.67. The monoisotopic (exact) mass is 194 g/mol. The SMILES string of the molecule is CC1(CN)CC2CC3CC(CN)(C1)C23. The molecule has 0 aliphatic heterocycles. The molecular formula is C12H22N2. The summed E-state index contributed by atoms with van der Waals surface area (Å²) in [5.74, 6) is 3.01. The van der Waals surface area contributed by atoms with Crippen molar-refractivity contribution in [1.29, 1.82) is 0 Å². The van der Waals surface area contributed by atoms with Gasteiger partial charge in [-0.2, -0.15) is 0 Å². The molecule has 0 aromatic heterocycles. The summed E-state index contributed by atoms with van der Waals surface area (Å²) in [6.45, 7) is 4.12. The van der Waals surface area contributed by atoms with Crippen LogP contribution < -0.4 is 11.5 Å². The molecule has 0 aromatic carbocycles. The summed E-state index contributed by atoms with van der Waals surface area (Å²) in [6.07, 6.45) is 5.54. The van der Waals surface area contributed by atoms with E-state index in [1.807, 2.05) is 0 Å². The summed E-state index contributed by atoms with van der Waals surface area (Å²) in [5, 5.41) is 0. The molecule has 2 nitrogen and oxygen atoms in total. The summed E-state index contributed by atoms with van der Waals surface area (Å²) in [5.41, 5.74) is 12.8. The Bertz CT molecular complexity index is 265. The van der Waals surface area contributed by atoms with Crippen LogP contribution in [0.3, 0.4) is 0 Å². The standard InChI is InChI=1S/C12H22N2/c1-11(6-13)3-8-2-9-4-12(5-11,7-14)10(8)9/h8-10H,2-7,13-14H2,1H3. The van der Waals surface area contributed by atoms with Gasteiger partial charge in [-0.1, -0.05) is 6.92 Å². The minimum atomic E-state index is 0.395. The number of rotatable bonds is 2. The van der Waals surface area contributed by atoms with Gasteiger partial charge in [-0.3, -0.25) is 0 Å². The fourth-order valence-electron chi connectivity index (χ4n) is 4.98. The lowest BCUT2D eigenvalue weighted by molar-refractivity contribution is -0.219. The highest BCUT2D eigenvalue weighted by Gasteiger charge is 2.66. The van der Waals surface area contributed by atoms with Gasteiger partial charge in [-0.15, -0.1) is 0 Å². The lowest BCUT2D eigenvalue weighted by atomic mass is 9.33. The Morgan fingerprint density at radius 3 is 2.43 bits per heavy atom. The van der Waals surface area contributed by atoms with Crippen molar-refractivity contribution < 1.29 is 0 Å². The highest BCUT2D eigenvalue weighted by molar-refractivity contribution is 5.16. The van der Waals surface area contributed by atoms with Crippen LogP contribution in [0.1, 0.15) is 32.6 Å². The largest absolute Gasteiger partial charge is 0.330 e. The first-order valence-electron chi connectivity index (χ1n) is 6.03. The molecule has 0 bridgehead atoms. The second-order valence-electron chi connectivity index (χ2n) is 6.45. The van der Waals surface area contributed by atoms with Gasteiger partial charge >= 0.3 is 0 Å². The first-order chi connectivity index (χ1) is 6.62. The molecule has 3 aliphatic rings. The molecule has 0 heterocycles. The van der Waals surface area contributed by atoms with Gasteiger partial charge in [0.05, 0.1) is 0 Å². The van der Waals surface area contributed by atoms with E-state index in [-0.39, 0.29) is 0 Å². The molecule has 0 aromatic rings. The summed E-state index contributed by atoms with van der Waals surface area (Å²) >= 11 is 0. The Labute approximate surface area is 86.4 Å². The predicted octanol–water partition coefficient (Wildman–Crippen LogP) is 1.35. The molecule has 0 amide bonds. The van der Waals surface area contributed by atoms with Crippen LogP contribution in [-0.2, 0) is 0 Å². The maximum absolute atomic E-state index is 6.00. The van der Waals surface area contributed by atoms with Crippen molar-refractivity contribution in [3.63, 3.8) is 0 Å². The van der Waals surface area contributed by atoms with E-state index in [4.69, 9.17) is 11.5 Å². The highest BCUT2D eigenvalue weighted by Crippen LogP contribution is 2.72. The Morgan fingerprint density at radius 2 is 1.86 bits per heavy atom. The van der Waals surface area contributed by atoms with E-state index in [2.05, 4.69) is 6.92 Å². The molecule has 14 heavy (non-hydrogen) atoms. The Hall–Kier alpha value is -0.0800. The van der Waals surface area contributed by atoms with E-state index < -0.39 is 0 Å². The van der Waals surface area contributed by atoms with Crippen LogP contribution in [0.25, 0.3) is 0 Å². The van der Waals surface area contributed by atoms with Crippen LogP contribution in [0.2, 0.25) is 0 Å². The second-order valence-corrected chi connectivity index (χ2v) is 6.45. The highest BCUT2D eigenvalue weighted by atomic mass is 14.8. The van der Waals surface area contributed by atoms with E-state index in [1.54, 1.807) is 0 Å². The van der Waals surface area contributed by atoms with Crippen LogP contribution in [0, 0.1) is 28.6 Å². The summed E-state index contributed by atoms with van der Waals surface area (Å²) in [6, 6.07) is 0. The molecule has 3 aliphatic carbocycles. The fraction of sp³-hybridized carbons (Fsp3) is 1.00.